The van der Waals surface area contributed by atoms with Crippen molar-refractivity contribution in [3.63, 3.8) is 0 Å². The van der Waals surface area contributed by atoms with Crippen LogP contribution in [-0.2, 0) is 27.8 Å². The van der Waals surface area contributed by atoms with Crippen LogP contribution in [0.25, 0.3) is 0 Å². The van der Waals surface area contributed by atoms with Crippen LogP contribution < -0.4 is 4.80 Å². The molecule has 142 valence electrons. The monoisotopic (exact) mass is 394 g/mol. The molecule has 26 heavy (non-hydrogen) atoms. The minimum atomic E-state index is -3.71. The molecule has 0 spiro atoms. The maximum absolute atomic E-state index is 12.2. The summed E-state index contributed by atoms with van der Waals surface area (Å²) in [6, 6.07) is 7.13. The first-order chi connectivity index (χ1) is 12.5. The van der Waals surface area contributed by atoms with E-state index in [9.17, 15) is 8.42 Å². The number of hydrogen-bond donors (Lipinski definition) is 0. The maximum atomic E-state index is 12.2. The van der Waals surface area contributed by atoms with Gasteiger partial charge >= 0.3 is 0 Å². The molecule has 0 atom stereocenters. The topological polar surface area (TPSA) is 60.7 Å². The minimum Gasteiger partial charge on any atom is -0.324 e. The van der Waals surface area contributed by atoms with Crippen LogP contribution in [0.3, 0.4) is 0 Å². The second-order valence-electron chi connectivity index (χ2n) is 6.83. The second kappa shape index (κ2) is 8.50. The molecule has 2 aromatic rings. The fraction of sp³-hybridized carbons (Fsp3) is 0.526. The molecular weight excluding hydrogens is 368 g/mol. The Morgan fingerprint density at radius 2 is 1.88 bits per heavy atom. The van der Waals surface area contributed by atoms with Gasteiger partial charge in [0.1, 0.15) is 0 Å². The number of thiazole rings is 1. The third-order valence-electron chi connectivity index (χ3n) is 4.79. The number of nitrogens with zero attached hydrogens (tertiary/aromatic N) is 2. The summed E-state index contributed by atoms with van der Waals surface area (Å²) in [5, 5.41) is 2.05. The number of benzene rings is 1. The molecule has 0 radical (unpaired) electrons. The lowest BCUT2D eigenvalue weighted by Crippen LogP contribution is -2.20. The Hall–Kier alpha value is -1.44. The highest BCUT2D eigenvalue weighted by molar-refractivity contribution is 7.86. The zero-order valence-corrected chi connectivity index (χ0v) is 17.0. The quantitative estimate of drug-likeness (QED) is 0.704. The molecule has 1 aliphatic rings. The minimum absolute atomic E-state index is 0.129. The van der Waals surface area contributed by atoms with Gasteiger partial charge in [-0.1, -0.05) is 37.0 Å². The Bertz CT molecular complexity index is 890. The number of hydrogen-bond acceptors (Lipinski definition) is 5. The van der Waals surface area contributed by atoms with Crippen LogP contribution in [0.2, 0.25) is 0 Å². The smallest absolute Gasteiger partial charge is 0.296 e. The number of aryl methyl sites for hydroxylation is 1. The Balaban J connectivity index is 1.61. The summed E-state index contributed by atoms with van der Waals surface area (Å²) in [5.41, 5.74) is 2.06. The van der Waals surface area contributed by atoms with Crippen molar-refractivity contribution in [1.29, 1.82) is 0 Å². The third-order valence-corrected chi connectivity index (χ3v) is 7.10. The summed E-state index contributed by atoms with van der Waals surface area (Å²) in [4.78, 5) is 6.08. The molecule has 5 nitrogen and oxygen atoms in total. The van der Waals surface area contributed by atoms with Gasteiger partial charge < -0.3 is 4.57 Å². The van der Waals surface area contributed by atoms with Crippen LogP contribution in [0.15, 0.2) is 39.5 Å². The molecule has 1 aromatic carbocycles. The van der Waals surface area contributed by atoms with Crippen molar-refractivity contribution in [2.24, 2.45) is 12.0 Å². The zero-order valence-electron chi connectivity index (χ0n) is 15.3. The Labute approximate surface area is 159 Å². The number of aromatic nitrogens is 1. The molecule has 1 saturated carbocycles. The molecular formula is C19H26N2O3S2. The first-order valence-corrected chi connectivity index (χ1v) is 11.4. The molecule has 3 rings (SSSR count). The molecule has 1 fully saturated rings. The maximum Gasteiger partial charge on any atom is 0.296 e. The zero-order chi connectivity index (χ0) is 18.6. The normalized spacial score (nSPS) is 16.9. The highest BCUT2D eigenvalue weighted by atomic mass is 32.2. The van der Waals surface area contributed by atoms with E-state index in [-0.39, 0.29) is 11.5 Å². The van der Waals surface area contributed by atoms with Crippen molar-refractivity contribution in [3.8, 4) is 0 Å². The van der Waals surface area contributed by atoms with Crippen LogP contribution in [0.4, 0.5) is 0 Å². The summed E-state index contributed by atoms with van der Waals surface area (Å²) >= 11 is 1.62. The van der Waals surface area contributed by atoms with Crippen LogP contribution in [-0.4, -0.2) is 25.6 Å². The SMILES string of the molecule is Cc1ccc(S(=O)(=O)OCCc2csc(=NC3CCCCC3)n2C)cc1. The molecule has 1 aliphatic carbocycles. The van der Waals surface area contributed by atoms with E-state index in [4.69, 9.17) is 9.18 Å². The molecule has 1 heterocycles. The van der Waals surface area contributed by atoms with E-state index in [1.807, 2.05) is 19.4 Å². The summed E-state index contributed by atoms with van der Waals surface area (Å²) in [5.74, 6) is 0. The van der Waals surface area contributed by atoms with Gasteiger partial charge in [0.15, 0.2) is 4.80 Å². The Morgan fingerprint density at radius 3 is 2.58 bits per heavy atom. The average Bonchev–Trinajstić information content (AvgIpc) is 2.96. The summed E-state index contributed by atoms with van der Waals surface area (Å²) < 4.78 is 31.7. The van der Waals surface area contributed by atoms with E-state index in [1.54, 1.807) is 35.6 Å². The van der Waals surface area contributed by atoms with Crippen LogP contribution in [0.5, 0.6) is 0 Å². The first kappa shape index (κ1) is 19.3. The molecule has 0 saturated heterocycles. The van der Waals surface area contributed by atoms with Gasteiger partial charge in [-0.15, -0.1) is 11.3 Å². The van der Waals surface area contributed by atoms with Gasteiger partial charge in [0, 0.05) is 24.5 Å². The standard InChI is InChI=1S/C19H26N2O3S2/c1-15-8-10-18(11-9-15)26(22,23)24-13-12-17-14-25-19(21(17)2)20-16-6-4-3-5-7-16/h8-11,14,16H,3-7,12-13H2,1-2H3. The van der Waals surface area contributed by atoms with Crippen molar-refractivity contribution in [3.05, 3.63) is 45.7 Å². The van der Waals surface area contributed by atoms with Crippen molar-refractivity contribution in [2.75, 3.05) is 6.61 Å². The lowest BCUT2D eigenvalue weighted by Gasteiger charge is -2.16. The van der Waals surface area contributed by atoms with Crippen LogP contribution >= 0.6 is 11.3 Å². The molecule has 0 amide bonds. The second-order valence-corrected chi connectivity index (χ2v) is 9.28. The van der Waals surface area contributed by atoms with E-state index in [0.717, 1.165) is 16.1 Å². The van der Waals surface area contributed by atoms with E-state index < -0.39 is 10.1 Å². The predicted octanol–water partition coefficient (Wildman–Crippen LogP) is 3.58. The van der Waals surface area contributed by atoms with Gasteiger partial charge in [0.05, 0.1) is 17.5 Å². The van der Waals surface area contributed by atoms with Crippen molar-refractivity contribution in [1.82, 2.24) is 4.57 Å². The van der Waals surface area contributed by atoms with Crippen LogP contribution in [0.1, 0.15) is 43.4 Å². The van der Waals surface area contributed by atoms with Gasteiger partial charge in [-0.3, -0.25) is 9.18 Å². The fourth-order valence-electron chi connectivity index (χ4n) is 3.14. The highest BCUT2D eigenvalue weighted by Crippen LogP contribution is 2.20. The number of rotatable bonds is 6. The van der Waals surface area contributed by atoms with E-state index in [0.29, 0.717) is 12.5 Å². The van der Waals surface area contributed by atoms with Gasteiger partial charge in [0.25, 0.3) is 10.1 Å². The summed E-state index contributed by atoms with van der Waals surface area (Å²) in [6.07, 6.45) is 6.73. The molecule has 0 aliphatic heterocycles. The summed E-state index contributed by atoms with van der Waals surface area (Å²) in [6.45, 7) is 2.05. The largest absolute Gasteiger partial charge is 0.324 e. The predicted molar refractivity (Wildman–Crippen MR) is 104 cm³/mol. The Kier molecular flexibility index (Phi) is 6.32. The van der Waals surface area contributed by atoms with Gasteiger partial charge in [0.2, 0.25) is 0 Å². The Morgan fingerprint density at radius 1 is 1.19 bits per heavy atom. The van der Waals surface area contributed by atoms with E-state index in [1.165, 1.54) is 32.1 Å². The van der Waals surface area contributed by atoms with Crippen molar-refractivity contribution < 1.29 is 12.6 Å². The van der Waals surface area contributed by atoms with Crippen molar-refractivity contribution in [2.45, 2.75) is 56.4 Å². The van der Waals surface area contributed by atoms with Gasteiger partial charge in [-0.25, -0.2) is 0 Å². The molecule has 0 bridgehead atoms. The van der Waals surface area contributed by atoms with Crippen LogP contribution in [0, 0.1) is 6.92 Å². The molecule has 0 unspecified atom stereocenters. The average molecular weight is 395 g/mol. The van der Waals surface area contributed by atoms with Crippen molar-refractivity contribution >= 4 is 21.5 Å². The molecule has 7 heteroatoms. The molecule has 1 aromatic heterocycles. The molecule has 0 N–H and O–H groups in total. The third kappa shape index (κ3) is 4.84. The van der Waals surface area contributed by atoms with Gasteiger partial charge in [-0.2, -0.15) is 8.42 Å². The lowest BCUT2D eigenvalue weighted by atomic mass is 9.96. The van der Waals surface area contributed by atoms with E-state index >= 15 is 0 Å². The van der Waals surface area contributed by atoms with E-state index in [2.05, 4.69) is 4.57 Å². The lowest BCUT2D eigenvalue weighted by molar-refractivity contribution is 0.319. The summed E-state index contributed by atoms with van der Waals surface area (Å²) in [7, 11) is -1.72. The van der Waals surface area contributed by atoms with Gasteiger partial charge in [-0.05, 0) is 31.9 Å². The fourth-order valence-corrected chi connectivity index (χ4v) is 5.05. The highest BCUT2D eigenvalue weighted by Gasteiger charge is 2.16. The first-order valence-electron chi connectivity index (χ1n) is 9.09.